The van der Waals surface area contributed by atoms with Gasteiger partial charge in [-0.05, 0) is 5.92 Å². The van der Waals surface area contributed by atoms with E-state index in [1.807, 2.05) is 13.8 Å². The van der Waals surface area contributed by atoms with Crippen LogP contribution in [0.3, 0.4) is 0 Å². The van der Waals surface area contributed by atoms with Crippen molar-refractivity contribution in [3.8, 4) is 0 Å². The molecular weight excluding hydrogens is 168 g/mol. The number of carboxylic acid groups (broad SMARTS) is 1. The Morgan fingerprint density at radius 3 is 2.23 bits per heavy atom. The summed E-state index contributed by atoms with van der Waals surface area (Å²) in [5, 5.41) is 8.42. The zero-order chi connectivity index (χ0) is 10.4. The van der Waals surface area contributed by atoms with E-state index in [0.29, 0.717) is 0 Å². The third kappa shape index (κ3) is 4.65. The lowest BCUT2D eigenvalue weighted by Crippen LogP contribution is -2.21. The minimum absolute atomic E-state index is 0.129. The van der Waals surface area contributed by atoms with Crippen molar-refractivity contribution in [2.24, 2.45) is 11.8 Å². The van der Waals surface area contributed by atoms with E-state index in [2.05, 4.69) is 6.92 Å². The van der Waals surface area contributed by atoms with Gasteiger partial charge in [-0.2, -0.15) is 0 Å². The van der Waals surface area contributed by atoms with Gasteiger partial charge in [-0.15, -0.1) is 0 Å². The summed E-state index contributed by atoms with van der Waals surface area (Å²) in [6.45, 7) is 5.87. The maximum Gasteiger partial charge on any atom is 0.310 e. The lowest BCUT2D eigenvalue weighted by molar-refractivity contribution is -0.141. The van der Waals surface area contributed by atoms with Gasteiger partial charge in [0.05, 0.1) is 0 Å². The molecule has 0 saturated heterocycles. The van der Waals surface area contributed by atoms with E-state index in [-0.39, 0.29) is 24.0 Å². The van der Waals surface area contributed by atoms with E-state index in [1.54, 1.807) is 0 Å². The molecule has 0 radical (unpaired) electrons. The predicted octanol–water partition coefficient (Wildman–Crippen LogP) is 2.10. The lowest BCUT2D eigenvalue weighted by Gasteiger charge is -2.16. The van der Waals surface area contributed by atoms with Gasteiger partial charge in [0.1, 0.15) is 12.2 Å². The standard InChI is InChI=1S/C10H18O3/c1-4-5-7(2)8(3)9(11)6-10(12)13/h7-8H,4-6H2,1-3H3,(H,12,13). The van der Waals surface area contributed by atoms with Crippen molar-refractivity contribution in [1.82, 2.24) is 0 Å². The summed E-state index contributed by atoms with van der Waals surface area (Å²) < 4.78 is 0. The first kappa shape index (κ1) is 12.1. The molecule has 3 nitrogen and oxygen atoms in total. The number of ketones is 1. The Bertz CT molecular complexity index is 187. The number of hydrogen-bond donors (Lipinski definition) is 1. The van der Waals surface area contributed by atoms with Gasteiger partial charge >= 0.3 is 5.97 Å². The summed E-state index contributed by atoms with van der Waals surface area (Å²) in [4.78, 5) is 21.6. The molecule has 0 aliphatic carbocycles. The fourth-order valence-electron chi connectivity index (χ4n) is 1.33. The molecule has 0 aromatic carbocycles. The van der Waals surface area contributed by atoms with Crippen molar-refractivity contribution >= 4 is 11.8 Å². The van der Waals surface area contributed by atoms with Crippen molar-refractivity contribution in [3.05, 3.63) is 0 Å². The highest BCUT2D eigenvalue weighted by Gasteiger charge is 2.21. The molecule has 2 atom stereocenters. The maximum absolute atomic E-state index is 11.3. The van der Waals surface area contributed by atoms with E-state index < -0.39 is 5.97 Å². The Morgan fingerprint density at radius 1 is 1.31 bits per heavy atom. The zero-order valence-electron chi connectivity index (χ0n) is 8.54. The van der Waals surface area contributed by atoms with Gasteiger partial charge in [0, 0.05) is 5.92 Å². The molecular formula is C10H18O3. The third-order valence-electron chi connectivity index (χ3n) is 2.43. The SMILES string of the molecule is CCCC(C)C(C)C(=O)CC(=O)O. The van der Waals surface area contributed by atoms with Crippen LogP contribution in [0.1, 0.15) is 40.0 Å². The van der Waals surface area contributed by atoms with E-state index in [4.69, 9.17) is 5.11 Å². The van der Waals surface area contributed by atoms with Crippen LogP contribution in [-0.2, 0) is 9.59 Å². The Balaban J connectivity index is 4.01. The van der Waals surface area contributed by atoms with E-state index in [0.717, 1.165) is 12.8 Å². The average molecular weight is 186 g/mol. The number of Topliss-reactive ketones (excluding diaryl/α,β-unsaturated/α-hetero) is 1. The van der Waals surface area contributed by atoms with Gasteiger partial charge in [0.25, 0.3) is 0 Å². The van der Waals surface area contributed by atoms with Gasteiger partial charge in [-0.3, -0.25) is 9.59 Å². The zero-order valence-corrected chi connectivity index (χ0v) is 8.54. The molecule has 0 aromatic rings. The molecule has 1 N–H and O–H groups in total. The molecule has 0 aliphatic rings. The van der Waals surface area contributed by atoms with Crippen molar-refractivity contribution in [2.75, 3.05) is 0 Å². The number of aliphatic carboxylic acids is 1. The molecule has 0 aromatic heterocycles. The Kier molecular flexibility index (Phi) is 5.35. The molecule has 0 aliphatic heterocycles. The summed E-state index contributed by atoms with van der Waals surface area (Å²) in [6, 6.07) is 0. The van der Waals surface area contributed by atoms with Crippen LogP contribution in [0, 0.1) is 11.8 Å². The molecule has 0 rings (SSSR count). The molecule has 76 valence electrons. The molecule has 3 heteroatoms. The van der Waals surface area contributed by atoms with Gasteiger partial charge in [-0.25, -0.2) is 0 Å². The first-order valence-corrected chi connectivity index (χ1v) is 4.73. The molecule has 0 bridgehead atoms. The number of hydrogen-bond acceptors (Lipinski definition) is 2. The topological polar surface area (TPSA) is 54.4 Å². The molecule has 0 saturated carbocycles. The van der Waals surface area contributed by atoms with Crippen LogP contribution in [-0.4, -0.2) is 16.9 Å². The highest BCUT2D eigenvalue weighted by molar-refractivity contribution is 5.95. The second-order valence-corrected chi connectivity index (χ2v) is 3.59. The fourth-order valence-corrected chi connectivity index (χ4v) is 1.33. The van der Waals surface area contributed by atoms with Crippen LogP contribution in [0.4, 0.5) is 0 Å². The highest BCUT2D eigenvalue weighted by atomic mass is 16.4. The van der Waals surface area contributed by atoms with Crippen LogP contribution in [0.2, 0.25) is 0 Å². The van der Waals surface area contributed by atoms with Crippen LogP contribution >= 0.6 is 0 Å². The molecule has 2 unspecified atom stereocenters. The number of rotatable bonds is 6. The fraction of sp³-hybridized carbons (Fsp3) is 0.800. The van der Waals surface area contributed by atoms with Crippen LogP contribution < -0.4 is 0 Å². The monoisotopic (exact) mass is 186 g/mol. The van der Waals surface area contributed by atoms with E-state index >= 15 is 0 Å². The Labute approximate surface area is 79.1 Å². The summed E-state index contributed by atoms with van der Waals surface area (Å²) >= 11 is 0. The summed E-state index contributed by atoms with van der Waals surface area (Å²) in [5.41, 5.74) is 0. The average Bonchev–Trinajstić information content (AvgIpc) is 2.02. The summed E-state index contributed by atoms with van der Waals surface area (Å²) in [6.07, 6.45) is 1.67. The number of carboxylic acids is 1. The highest BCUT2D eigenvalue weighted by Crippen LogP contribution is 2.18. The first-order valence-electron chi connectivity index (χ1n) is 4.73. The molecule has 0 amide bonds. The van der Waals surface area contributed by atoms with Crippen molar-refractivity contribution in [1.29, 1.82) is 0 Å². The van der Waals surface area contributed by atoms with Crippen molar-refractivity contribution < 1.29 is 14.7 Å². The molecule has 13 heavy (non-hydrogen) atoms. The quantitative estimate of drug-likeness (QED) is 0.646. The smallest absolute Gasteiger partial charge is 0.310 e. The lowest BCUT2D eigenvalue weighted by atomic mass is 9.87. The van der Waals surface area contributed by atoms with Gasteiger partial charge < -0.3 is 5.11 Å². The van der Waals surface area contributed by atoms with Crippen LogP contribution in [0.5, 0.6) is 0 Å². The van der Waals surface area contributed by atoms with Gasteiger partial charge in [-0.1, -0.05) is 33.6 Å². The van der Waals surface area contributed by atoms with Crippen molar-refractivity contribution in [3.63, 3.8) is 0 Å². The second kappa shape index (κ2) is 5.73. The Hall–Kier alpha value is -0.860. The normalized spacial score (nSPS) is 15.0. The van der Waals surface area contributed by atoms with Crippen molar-refractivity contribution in [2.45, 2.75) is 40.0 Å². The minimum Gasteiger partial charge on any atom is -0.481 e. The largest absolute Gasteiger partial charge is 0.481 e. The molecule has 0 heterocycles. The Morgan fingerprint density at radius 2 is 1.85 bits per heavy atom. The van der Waals surface area contributed by atoms with Crippen LogP contribution in [0.25, 0.3) is 0 Å². The number of carbonyl (C=O) groups is 2. The summed E-state index contributed by atoms with van der Waals surface area (Å²) in [7, 11) is 0. The number of carbonyl (C=O) groups excluding carboxylic acids is 1. The molecule has 0 fully saturated rings. The predicted molar refractivity (Wildman–Crippen MR) is 50.5 cm³/mol. The molecule has 0 spiro atoms. The van der Waals surface area contributed by atoms with Gasteiger partial charge in [0.2, 0.25) is 0 Å². The van der Waals surface area contributed by atoms with Gasteiger partial charge in [0.15, 0.2) is 0 Å². The van der Waals surface area contributed by atoms with Crippen LogP contribution in [0.15, 0.2) is 0 Å². The first-order chi connectivity index (χ1) is 5.99. The third-order valence-corrected chi connectivity index (χ3v) is 2.43. The van der Waals surface area contributed by atoms with E-state index in [1.165, 1.54) is 0 Å². The maximum atomic E-state index is 11.3. The minimum atomic E-state index is -1.03. The second-order valence-electron chi connectivity index (χ2n) is 3.59. The van der Waals surface area contributed by atoms with E-state index in [9.17, 15) is 9.59 Å². The summed E-state index contributed by atoms with van der Waals surface area (Å²) in [5.74, 6) is -1.03.